The Balaban J connectivity index is 2.70. The van der Waals surface area contributed by atoms with Gasteiger partial charge in [-0.25, -0.2) is 4.79 Å². The van der Waals surface area contributed by atoms with Gasteiger partial charge in [-0.1, -0.05) is 13.3 Å². The molecule has 2 N–H and O–H groups in total. The zero-order chi connectivity index (χ0) is 12.8. The van der Waals surface area contributed by atoms with E-state index in [2.05, 4.69) is 0 Å². The van der Waals surface area contributed by atoms with Crippen molar-refractivity contribution in [2.45, 2.75) is 51.1 Å². The van der Waals surface area contributed by atoms with Crippen LogP contribution in [-0.2, 0) is 14.3 Å². The SMILES string of the molecule is CCCC(N)C(=O)N1CCCCC1C(=O)OC. The Morgan fingerprint density at radius 2 is 2.18 bits per heavy atom. The van der Waals surface area contributed by atoms with E-state index in [1.165, 1.54) is 7.11 Å². The van der Waals surface area contributed by atoms with Crippen molar-refractivity contribution in [3.05, 3.63) is 0 Å². The molecule has 0 saturated carbocycles. The second-order valence-electron chi connectivity index (χ2n) is 4.46. The van der Waals surface area contributed by atoms with Crippen molar-refractivity contribution in [3.63, 3.8) is 0 Å². The van der Waals surface area contributed by atoms with E-state index in [-0.39, 0.29) is 11.9 Å². The van der Waals surface area contributed by atoms with Crippen molar-refractivity contribution >= 4 is 11.9 Å². The lowest BCUT2D eigenvalue weighted by Crippen LogP contribution is -2.53. The minimum atomic E-state index is -0.495. The Labute approximate surface area is 102 Å². The zero-order valence-electron chi connectivity index (χ0n) is 10.6. The first kappa shape index (κ1) is 14.0. The number of carbonyl (C=O) groups excluding carboxylic acids is 2. The van der Waals surface area contributed by atoms with Crippen molar-refractivity contribution in [1.82, 2.24) is 4.90 Å². The van der Waals surface area contributed by atoms with E-state index in [0.29, 0.717) is 19.4 Å². The Morgan fingerprint density at radius 1 is 1.47 bits per heavy atom. The largest absolute Gasteiger partial charge is 0.467 e. The first-order valence-electron chi connectivity index (χ1n) is 6.25. The Morgan fingerprint density at radius 3 is 2.76 bits per heavy atom. The maximum atomic E-state index is 12.1. The molecule has 0 spiro atoms. The van der Waals surface area contributed by atoms with Gasteiger partial charge >= 0.3 is 5.97 Å². The van der Waals surface area contributed by atoms with Gasteiger partial charge < -0.3 is 15.4 Å². The van der Waals surface area contributed by atoms with E-state index < -0.39 is 12.1 Å². The van der Waals surface area contributed by atoms with Crippen LogP contribution in [0, 0.1) is 0 Å². The molecule has 0 bridgehead atoms. The number of nitrogens with two attached hydrogens (primary N) is 1. The van der Waals surface area contributed by atoms with Gasteiger partial charge in [0, 0.05) is 6.54 Å². The first-order valence-corrected chi connectivity index (χ1v) is 6.25. The molecule has 1 amide bonds. The first-order chi connectivity index (χ1) is 8.11. The van der Waals surface area contributed by atoms with Crippen LogP contribution >= 0.6 is 0 Å². The van der Waals surface area contributed by atoms with Crippen LogP contribution in [-0.4, -0.2) is 42.5 Å². The number of carbonyl (C=O) groups is 2. The van der Waals surface area contributed by atoms with Crippen molar-refractivity contribution in [2.24, 2.45) is 5.73 Å². The molecule has 0 radical (unpaired) electrons. The molecule has 17 heavy (non-hydrogen) atoms. The lowest BCUT2D eigenvalue weighted by atomic mass is 10.0. The van der Waals surface area contributed by atoms with E-state index in [1.807, 2.05) is 6.92 Å². The second-order valence-corrected chi connectivity index (χ2v) is 4.46. The third-order valence-corrected chi connectivity index (χ3v) is 3.18. The smallest absolute Gasteiger partial charge is 0.328 e. The van der Waals surface area contributed by atoms with Crippen LogP contribution in [0.1, 0.15) is 39.0 Å². The fraction of sp³-hybridized carbons (Fsp3) is 0.833. The number of amides is 1. The van der Waals surface area contributed by atoms with Gasteiger partial charge in [0.2, 0.25) is 5.91 Å². The lowest BCUT2D eigenvalue weighted by Gasteiger charge is -2.35. The Hall–Kier alpha value is -1.10. The summed E-state index contributed by atoms with van der Waals surface area (Å²) in [7, 11) is 1.35. The number of piperidine rings is 1. The number of hydrogen-bond acceptors (Lipinski definition) is 4. The minimum absolute atomic E-state index is 0.123. The van der Waals surface area contributed by atoms with Crippen LogP contribution in [0.4, 0.5) is 0 Å². The third-order valence-electron chi connectivity index (χ3n) is 3.18. The van der Waals surface area contributed by atoms with Gasteiger partial charge in [-0.15, -0.1) is 0 Å². The van der Waals surface area contributed by atoms with Crippen LogP contribution < -0.4 is 5.73 Å². The van der Waals surface area contributed by atoms with E-state index in [0.717, 1.165) is 19.3 Å². The lowest BCUT2D eigenvalue weighted by molar-refractivity contribution is -0.155. The summed E-state index contributed by atoms with van der Waals surface area (Å²) < 4.78 is 4.74. The molecule has 5 nitrogen and oxygen atoms in total. The van der Waals surface area contributed by atoms with Gasteiger partial charge in [-0.05, 0) is 25.7 Å². The summed E-state index contributed by atoms with van der Waals surface area (Å²) in [6.45, 7) is 2.59. The molecule has 1 heterocycles. The van der Waals surface area contributed by atoms with Gasteiger partial charge in [-0.3, -0.25) is 4.79 Å². The summed E-state index contributed by atoms with van der Waals surface area (Å²) in [6.07, 6.45) is 4.08. The van der Waals surface area contributed by atoms with Crippen molar-refractivity contribution in [2.75, 3.05) is 13.7 Å². The number of nitrogens with zero attached hydrogens (tertiary/aromatic N) is 1. The molecule has 98 valence electrons. The molecular weight excluding hydrogens is 220 g/mol. The van der Waals surface area contributed by atoms with Crippen LogP contribution in [0.25, 0.3) is 0 Å². The molecule has 0 aromatic heterocycles. The highest BCUT2D eigenvalue weighted by atomic mass is 16.5. The maximum Gasteiger partial charge on any atom is 0.328 e. The number of methoxy groups -OCH3 is 1. The third kappa shape index (κ3) is 3.43. The number of hydrogen-bond donors (Lipinski definition) is 1. The van der Waals surface area contributed by atoms with Gasteiger partial charge in [0.15, 0.2) is 0 Å². The van der Waals surface area contributed by atoms with Crippen molar-refractivity contribution in [1.29, 1.82) is 0 Å². The summed E-state index contributed by atoms with van der Waals surface area (Å²) >= 11 is 0. The van der Waals surface area contributed by atoms with E-state index in [4.69, 9.17) is 10.5 Å². The number of ether oxygens (including phenoxy) is 1. The quantitative estimate of drug-likeness (QED) is 0.735. The number of rotatable bonds is 4. The molecule has 1 aliphatic rings. The van der Waals surface area contributed by atoms with Crippen molar-refractivity contribution in [3.8, 4) is 0 Å². The van der Waals surface area contributed by atoms with Crippen LogP contribution in [0.2, 0.25) is 0 Å². The standard InChI is InChI=1S/C12H22N2O3/c1-3-6-9(13)11(15)14-8-5-4-7-10(14)12(16)17-2/h9-10H,3-8,13H2,1-2H3. The summed E-state index contributed by atoms with van der Waals surface area (Å²) in [6, 6.07) is -0.936. The summed E-state index contributed by atoms with van der Waals surface area (Å²) in [5, 5.41) is 0. The molecule has 1 aliphatic heterocycles. The van der Waals surface area contributed by atoms with Crippen LogP contribution in [0.3, 0.4) is 0 Å². The highest BCUT2D eigenvalue weighted by Gasteiger charge is 2.34. The summed E-state index contributed by atoms with van der Waals surface area (Å²) in [5.41, 5.74) is 5.82. The predicted octanol–water partition coefficient (Wildman–Crippen LogP) is 0.668. The van der Waals surface area contributed by atoms with Gasteiger partial charge in [0.05, 0.1) is 13.2 Å². The topological polar surface area (TPSA) is 72.6 Å². The van der Waals surface area contributed by atoms with Crippen molar-refractivity contribution < 1.29 is 14.3 Å². The van der Waals surface area contributed by atoms with Crippen LogP contribution in [0.5, 0.6) is 0 Å². The average molecular weight is 242 g/mol. The molecule has 2 atom stereocenters. The molecule has 0 aromatic carbocycles. The normalized spacial score (nSPS) is 22.1. The molecule has 2 unspecified atom stereocenters. The van der Waals surface area contributed by atoms with Gasteiger partial charge in [-0.2, -0.15) is 0 Å². The van der Waals surface area contributed by atoms with E-state index >= 15 is 0 Å². The molecule has 1 rings (SSSR count). The van der Waals surface area contributed by atoms with Gasteiger partial charge in [0.1, 0.15) is 6.04 Å². The molecule has 1 fully saturated rings. The fourth-order valence-electron chi connectivity index (χ4n) is 2.22. The monoisotopic (exact) mass is 242 g/mol. The predicted molar refractivity (Wildman–Crippen MR) is 64.3 cm³/mol. The number of likely N-dealkylation sites (tertiary alicyclic amines) is 1. The summed E-state index contributed by atoms with van der Waals surface area (Å²) in [5.74, 6) is -0.455. The van der Waals surface area contributed by atoms with E-state index in [1.54, 1.807) is 4.90 Å². The zero-order valence-corrected chi connectivity index (χ0v) is 10.6. The highest BCUT2D eigenvalue weighted by Crippen LogP contribution is 2.19. The molecule has 1 saturated heterocycles. The maximum absolute atomic E-state index is 12.1. The Bertz CT molecular complexity index is 281. The van der Waals surface area contributed by atoms with E-state index in [9.17, 15) is 9.59 Å². The minimum Gasteiger partial charge on any atom is -0.467 e. The molecule has 0 aliphatic carbocycles. The average Bonchev–Trinajstić information content (AvgIpc) is 2.37. The molecule has 0 aromatic rings. The van der Waals surface area contributed by atoms with Crippen LogP contribution in [0.15, 0.2) is 0 Å². The number of esters is 1. The Kier molecular flexibility index (Phi) is 5.41. The molecule has 5 heteroatoms. The highest BCUT2D eigenvalue weighted by molar-refractivity contribution is 5.87. The fourth-order valence-corrected chi connectivity index (χ4v) is 2.22. The summed E-state index contributed by atoms with van der Waals surface area (Å²) in [4.78, 5) is 25.3. The second kappa shape index (κ2) is 6.59. The van der Waals surface area contributed by atoms with Gasteiger partial charge in [0.25, 0.3) is 0 Å². The molecular formula is C12H22N2O3.